The van der Waals surface area contributed by atoms with Gasteiger partial charge in [-0.05, 0) is 24.0 Å². The molecule has 7 heteroatoms. The summed E-state index contributed by atoms with van der Waals surface area (Å²) in [7, 11) is -3.45. The second-order valence-electron chi connectivity index (χ2n) is 5.79. The van der Waals surface area contributed by atoms with Crippen LogP contribution in [-0.4, -0.2) is 19.2 Å². The average Bonchev–Trinajstić information content (AvgIpc) is 2.28. The Kier molecular flexibility index (Phi) is 5.40. The van der Waals surface area contributed by atoms with Crippen molar-refractivity contribution in [2.24, 2.45) is 11.1 Å². The van der Waals surface area contributed by atoms with E-state index >= 15 is 0 Å². The first-order valence-electron chi connectivity index (χ1n) is 6.10. The van der Waals surface area contributed by atoms with Crippen molar-refractivity contribution in [2.45, 2.75) is 27.2 Å². The predicted octanol–water partition coefficient (Wildman–Crippen LogP) is 3.15. The summed E-state index contributed by atoms with van der Waals surface area (Å²) in [5, 5.41) is 0.310. The molecular weight excluding hydrogens is 316 g/mol. The molecule has 0 aliphatic carbocycles. The molecule has 0 aliphatic heterocycles. The van der Waals surface area contributed by atoms with Crippen LogP contribution in [0.25, 0.3) is 0 Å². The Labute approximate surface area is 130 Å². The minimum absolute atomic E-state index is 0.0319. The van der Waals surface area contributed by atoms with Crippen LogP contribution in [0.1, 0.15) is 32.8 Å². The Morgan fingerprint density at radius 2 is 2.00 bits per heavy atom. The summed E-state index contributed by atoms with van der Waals surface area (Å²) in [6.07, 6.45) is 0.551. The van der Waals surface area contributed by atoms with Crippen LogP contribution in [0.3, 0.4) is 0 Å². The van der Waals surface area contributed by atoms with Gasteiger partial charge in [0, 0.05) is 5.56 Å². The fourth-order valence-corrected chi connectivity index (χ4v) is 3.25. The maximum absolute atomic E-state index is 12.0. The third-order valence-electron chi connectivity index (χ3n) is 2.64. The zero-order chi connectivity index (χ0) is 15.6. The molecular formula is C13H19ClN2O2S2. The van der Waals surface area contributed by atoms with Crippen molar-refractivity contribution in [3.05, 3.63) is 28.8 Å². The van der Waals surface area contributed by atoms with Gasteiger partial charge in [-0.2, -0.15) is 0 Å². The van der Waals surface area contributed by atoms with Crippen LogP contribution in [0.4, 0.5) is 5.69 Å². The summed E-state index contributed by atoms with van der Waals surface area (Å²) in [5.74, 6) is 0.0319. The first-order valence-corrected chi connectivity index (χ1v) is 8.54. The molecule has 0 atom stereocenters. The molecule has 0 aromatic heterocycles. The Morgan fingerprint density at radius 1 is 1.40 bits per heavy atom. The fourth-order valence-electron chi connectivity index (χ4n) is 1.42. The summed E-state index contributed by atoms with van der Waals surface area (Å²) >= 11 is 10.8. The minimum Gasteiger partial charge on any atom is -0.389 e. The van der Waals surface area contributed by atoms with Crippen LogP contribution in [0.2, 0.25) is 5.02 Å². The maximum Gasteiger partial charge on any atom is 0.232 e. The van der Waals surface area contributed by atoms with Crippen LogP contribution >= 0.6 is 23.8 Å². The third-order valence-corrected chi connectivity index (χ3v) is 4.47. The van der Waals surface area contributed by atoms with Gasteiger partial charge in [0.15, 0.2) is 0 Å². The predicted molar refractivity (Wildman–Crippen MR) is 88.8 cm³/mol. The number of anilines is 1. The molecule has 0 heterocycles. The molecule has 0 amide bonds. The molecule has 0 fully saturated rings. The van der Waals surface area contributed by atoms with Crippen molar-refractivity contribution in [1.29, 1.82) is 0 Å². The van der Waals surface area contributed by atoms with Crippen molar-refractivity contribution in [2.75, 3.05) is 10.5 Å². The molecule has 3 N–H and O–H groups in total. The van der Waals surface area contributed by atoms with E-state index in [0.29, 0.717) is 22.7 Å². The van der Waals surface area contributed by atoms with Gasteiger partial charge in [-0.15, -0.1) is 0 Å². The second-order valence-corrected chi connectivity index (χ2v) is 8.48. The lowest BCUT2D eigenvalue weighted by molar-refractivity contribution is 0.397. The Morgan fingerprint density at radius 3 is 2.50 bits per heavy atom. The highest BCUT2D eigenvalue weighted by Crippen LogP contribution is 2.25. The SMILES string of the molecule is CC(C)(C)CCS(=O)(=O)Nc1cc(C(N)=S)ccc1Cl. The zero-order valence-electron chi connectivity index (χ0n) is 11.7. The van der Waals surface area contributed by atoms with Gasteiger partial charge < -0.3 is 5.73 Å². The Bertz CT molecular complexity index is 607. The number of hydrogen-bond acceptors (Lipinski definition) is 3. The highest BCUT2D eigenvalue weighted by Gasteiger charge is 2.18. The molecule has 0 bridgehead atoms. The van der Waals surface area contributed by atoms with Crippen LogP contribution in [0.15, 0.2) is 18.2 Å². The molecule has 0 radical (unpaired) electrons. The molecule has 0 saturated carbocycles. The summed E-state index contributed by atoms with van der Waals surface area (Å²) in [5.41, 5.74) is 6.33. The average molecular weight is 335 g/mol. The summed E-state index contributed by atoms with van der Waals surface area (Å²) in [6, 6.07) is 4.76. The zero-order valence-corrected chi connectivity index (χ0v) is 14.1. The van der Waals surface area contributed by atoms with Gasteiger partial charge in [-0.25, -0.2) is 8.42 Å². The molecule has 1 rings (SSSR count). The maximum atomic E-state index is 12.0. The summed E-state index contributed by atoms with van der Waals surface area (Å²) in [4.78, 5) is 0.191. The van der Waals surface area contributed by atoms with E-state index in [1.54, 1.807) is 18.2 Å². The van der Waals surface area contributed by atoms with Gasteiger partial charge in [0.05, 0.1) is 16.5 Å². The highest BCUT2D eigenvalue weighted by atomic mass is 35.5. The van der Waals surface area contributed by atoms with Crippen molar-refractivity contribution in [3.8, 4) is 0 Å². The van der Waals surface area contributed by atoms with Gasteiger partial charge in [-0.1, -0.05) is 50.7 Å². The lowest BCUT2D eigenvalue weighted by Gasteiger charge is -2.18. The number of benzene rings is 1. The van der Waals surface area contributed by atoms with Crippen molar-refractivity contribution >= 4 is 44.5 Å². The molecule has 20 heavy (non-hydrogen) atoms. The van der Waals surface area contributed by atoms with E-state index in [1.807, 2.05) is 20.8 Å². The van der Waals surface area contributed by atoms with Gasteiger partial charge in [0.25, 0.3) is 0 Å². The number of thiocarbonyl (C=S) groups is 1. The van der Waals surface area contributed by atoms with E-state index in [1.165, 1.54) is 0 Å². The van der Waals surface area contributed by atoms with Crippen LogP contribution in [0, 0.1) is 5.41 Å². The highest BCUT2D eigenvalue weighted by molar-refractivity contribution is 7.92. The van der Waals surface area contributed by atoms with Crippen molar-refractivity contribution in [3.63, 3.8) is 0 Å². The van der Waals surface area contributed by atoms with Crippen molar-refractivity contribution in [1.82, 2.24) is 0 Å². The second kappa shape index (κ2) is 6.28. The smallest absolute Gasteiger partial charge is 0.232 e. The number of nitrogens with two attached hydrogens (primary N) is 1. The number of nitrogens with one attached hydrogen (secondary N) is 1. The molecule has 0 saturated heterocycles. The molecule has 1 aromatic rings. The molecule has 1 aromatic carbocycles. The molecule has 4 nitrogen and oxygen atoms in total. The Hall–Kier alpha value is -0.850. The van der Waals surface area contributed by atoms with E-state index in [0.717, 1.165) is 0 Å². The van der Waals surface area contributed by atoms with Gasteiger partial charge in [0.2, 0.25) is 10.0 Å². The number of hydrogen-bond donors (Lipinski definition) is 2. The lowest BCUT2D eigenvalue weighted by atomic mass is 9.94. The summed E-state index contributed by atoms with van der Waals surface area (Å²) in [6.45, 7) is 5.97. The van der Waals surface area contributed by atoms with Crippen LogP contribution < -0.4 is 10.5 Å². The van der Waals surface area contributed by atoms with E-state index in [-0.39, 0.29) is 16.2 Å². The largest absolute Gasteiger partial charge is 0.389 e. The molecule has 0 spiro atoms. The van der Waals surface area contributed by atoms with Crippen molar-refractivity contribution < 1.29 is 8.42 Å². The Balaban J connectivity index is 2.92. The standard InChI is InChI=1S/C13H19ClN2O2S2/c1-13(2,3)6-7-20(17,18)16-11-8-9(12(15)19)4-5-10(11)14/h4-5,8,16H,6-7H2,1-3H3,(H2,15,19). The normalized spacial score (nSPS) is 12.2. The van der Waals surface area contributed by atoms with E-state index < -0.39 is 10.0 Å². The van der Waals surface area contributed by atoms with Crippen LogP contribution in [0.5, 0.6) is 0 Å². The third kappa shape index (κ3) is 5.64. The van der Waals surface area contributed by atoms with Crippen LogP contribution in [-0.2, 0) is 10.0 Å². The van der Waals surface area contributed by atoms with Gasteiger partial charge >= 0.3 is 0 Å². The fraction of sp³-hybridized carbons (Fsp3) is 0.462. The number of rotatable bonds is 5. The van der Waals surface area contributed by atoms with Gasteiger partial charge in [0.1, 0.15) is 4.99 Å². The molecule has 0 unspecified atom stereocenters. The van der Waals surface area contributed by atoms with E-state index in [4.69, 9.17) is 29.6 Å². The molecule has 0 aliphatic rings. The lowest BCUT2D eigenvalue weighted by Crippen LogP contribution is -2.21. The quantitative estimate of drug-likeness (QED) is 0.811. The number of halogens is 1. The first kappa shape index (κ1) is 17.2. The topological polar surface area (TPSA) is 72.2 Å². The number of sulfonamides is 1. The van der Waals surface area contributed by atoms with Gasteiger partial charge in [-0.3, -0.25) is 4.72 Å². The molecule has 112 valence electrons. The van der Waals surface area contributed by atoms with E-state index in [2.05, 4.69) is 4.72 Å². The first-order chi connectivity index (χ1) is 9.00. The van der Waals surface area contributed by atoms with E-state index in [9.17, 15) is 8.42 Å². The minimum atomic E-state index is -3.45. The monoisotopic (exact) mass is 334 g/mol. The summed E-state index contributed by atoms with van der Waals surface area (Å²) < 4.78 is 26.6.